The van der Waals surface area contributed by atoms with Gasteiger partial charge in [-0.3, -0.25) is 19.2 Å². The minimum atomic E-state index is -1.33. The highest BCUT2D eigenvalue weighted by Crippen LogP contribution is 2.11. The molecule has 13 heteroatoms. The molecular weight excluding hydrogens is 476 g/mol. The summed E-state index contributed by atoms with van der Waals surface area (Å²) in [5, 5.41) is 17.1. The van der Waals surface area contributed by atoms with Crippen molar-refractivity contribution in [2.75, 3.05) is 18.6 Å². The molecule has 10 N–H and O–H groups in total. The van der Waals surface area contributed by atoms with Crippen LogP contribution in [0.4, 0.5) is 0 Å². The maximum Gasteiger partial charge on any atom is 0.326 e. The number of primary amides is 1. The molecule has 5 atom stereocenters. The lowest BCUT2D eigenvalue weighted by atomic mass is 9.97. The highest BCUT2D eigenvalue weighted by Gasteiger charge is 2.32. The van der Waals surface area contributed by atoms with Crippen molar-refractivity contribution in [3.8, 4) is 0 Å². The van der Waals surface area contributed by atoms with Crippen LogP contribution in [0.5, 0.6) is 0 Å². The summed E-state index contributed by atoms with van der Waals surface area (Å²) in [6.45, 7) is 4.16. The Morgan fingerprint density at radius 2 is 1.54 bits per heavy atom. The predicted molar refractivity (Wildman–Crippen MR) is 135 cm³/mol. The van der Waals surface area contributed by atoms with Crippen LogP contribution in [-0.4, -0.2) is 77.4 Å². The summed E-state index contributed by atoms with van der Waals surface area (Å²) in [7, 11) is 0. The maximum atomic E-state index is 13.1. The van der Waals surface area contributed by atoms with Crippen LogP contribution in [0, 0.1) is 5.92 Å². The number of unbranched alkanes of at least 4 members (excludes halogenated alkanes) is 1. The molecule has 0 heterocycles. The first kappa shape index (κ1) is 32.6. The summed E-state index contributed by atoms with van der Waals surface area (Å²) in [4.78, 5) is 61.1. The van der Waals surface area contributed by atoms with Gasteiger partial charge in [0.1, 0.15) is 18.1 Å². The second kappa shape index (κ2) is 18.0. The number of nitrogens with one attached hydrogen (secondary N) is 3. The van der Waals surface area contributed by atoms with Crippen LogP contribution in [-0.2, 0) is 24.0 Å². The van der Waals surface area contributed by atoms with Crippen molar-refractivity contribution >= 4 is 41.4 Å². The number of thioether (sulfide) groups is 1. The molecule has 0 aliphatic carbocycles. The van der Waals surface area contributed by atoms with E-state index in [0.717, 1.165) is 6.42 Å². The minimum Gasteiger partial charge on any atom is -0.480 e. The Morgan fingerprint density at radius 1 is 0.914 bits per heavy atom. The van der Waals surface area contributed by atoms with E-state index < -0.39 is 53.8 Å². The Bertz CT molecular complexity index is 710. The first-order valence-corrected chi connectivity index (χ1v) is 13.2. The quantitative estimate of drug-likeness (QED) is 0.105. The first-order valence-electron chi connectivity index (χ1n) is 11.8. The van der Waals surface area contributed by atoms with Gasteiger partial charge in [-0.05, 0) is 50.2 Å². The number of hydrogen-bond acceptors (Lipinski definition) is 8. The van der Waals surface area contributed by atoms with Crippen molar-refractivity contribution < 1.29 is 29.1 Å². The van der Waals surface area contributed by atoms with E-state index in [1.165, 1.54) is 11.8 Å². The van der Waals surface area contributed by atoms with Crippen molar-refractivity contribution in [1.82, 2.24) is 16.0 Å². The minimum absolute atomic E-state index is 0.173. The average Bonchev–Trinajstić information content (AvgIpc) is 2.81. The molecule has 0 spiro atoms. The van der Waals surface area contributed by atoms with E-state index in [1.54, 1.807) is 6.92 Å². The molecule has 0 fully saturated rings. The van der Waals surface area contributed by atoms with Gasteiger partial charge in [0.25, 0.3) is 0 Å². The normalized spacial score (nSPS) is 15.2. The summed E-state index contributed by atoms with van der Waals surface area (Å²) >= 11 is 1.45. The highest BCUT2D eigenvalue weighted by molar-refractivity contribution is 7.98. The first-order chi connectivity index (χ1) is 16.5. The molecule has 0 aromatic carbocycles. The lowest BCUT2D eigenvalue weighted by Crippen LogP contribution is -2.58. The van der Waals surface area contributed by atoms with Gasteiger partial charge in [0, 0.05) is 6.42 Å². The van der Waals surface area contributed by atoms with Crippen LogP contribution in [0.2, 0.25) is 0 Å². The zero-order valence-corrected chi connectivity index (χ0v) is 21.7. The molecule has 4 amide bonds. The van der Waals surface area contributed by atoms with Crippen molar-refractivity contribution in [1.29, 1.82) is 0 Å². The van der Waals surface area contributed by atoms with Crippen molar-refractivity contribution in [3.05, 3.63) is 0 Å². The smallest absolute Gasteiger partial charge is 0.326 e. The Balaban J connectivity index is 5.44. The van der Waals surface area contributed by atoms with Crippen LogP contribution < -0.4 is 33.2 Å². The summed E-state index contributed by atoms with van der Waals surface area (Å²) in [5.41, 5.74) is 16.5. The second-order valence-electron chi connectivity index (χ2n) is 8.51. The molecule has 12 nitrogen and oxygen atoms in total. The fraction of sp³-hybridized carbons (Fsp3) is 0.773. The number of amides is 4. The summed E-state index contributed by atoms with van der Waals surface area (Å²) < 4.78 is 0. The predicted octanol–water partition coefficient (Wildman–Crippen LogP) is -0.954. The van der Waals surface area contributed by atoms with Crippen molar-refractivity contribution in [2.24, 2.45) is 23.1 Å². The molecular formula is C22H42N6O6S. The number of carbonyl (C=O) groups excluding carboxylic acids is 4. The van der Waals surface area contributed by atoms with E-state index in [9.17, 15) is 29.1 Å². The third-order valence-electron chi connectivity index (χ3n) is 5.64. The fourth-order valence-electron chi connectivity index (χ4n) is 3.18. The summed E-state index contributed by atoms with van der Waals surface area (Å²) in [6.07, 6.45) is 4.11. The molecule has 0 aromatic rings. The molecule has 0 rings (SSSR count). The van der Waals surface area contributed by atoms with Crippen LogP contribution in [0.3, 0.4) is 0 Å². The van der Waals surface area contributed by atoms with Crippen LogP contribution in [0.1, 0.15) is 58.8 Å². The molecule has 5 unspecified atom stereocenters. The number of carboxylic acids is 1. The zero-order chi connectivity index (χ0) is 27.0. The lowest BCUT2D eigenvalue weighted by molar-refractivity contribution is -0.142. The number of rotatable bonds is 19. The van der Waals surface area contributed by atoms with Crippen LogP contribution in [0.15, 0.2) is 0 Å². The van der Waals surface area contributed by atoms with Gasteiger partial charge >= 0.3 is 5.97 Å². The van der Waals surface area contributed by atoms with Crippen LogP contribution >= 0.6 is 11.8 Å². The molecule has 0 bridgehead atoms. The van der Waals surface area contributed by atoms with Gasteiger partial charge in [-0.15, -0.1) is 0 Å². The number of carbonyl (C=O) groups is 5. The summed E-state index contributed by atoms with van der Waals surface area (Å²) in [6, 6.07) is -4.09. The Hall–Kier alpha value is -2.38. The van der Waals surface area contributed by atoms with Crippen LogP contribution in [0.25, 0.3) is 0 Å². The van der Waals surface area contributed by atoms with Crippen molar-refractivity contribution in [2.45, 2.75) is 83.0 Å². The van der Waals surface area contributed by atoms with Gasteiger partial charge in [0.05, 0.1) is 6.04 Å². The van der Waals surface area contributed by atoms with E-state index in [4.69, 9.17) is 17.2 Å². The SMILES string of the molecule is CCC(C)C(NC(=O)C(N)CCCCN)C(=O)NC(CCSC)C(=O)NC(CCC(N)=O)C(=O)O. The number of carboxylic acid groups (broad SMARTS) is 1. The van der Waals surface area contributed by atoms with Gasteiger partial charge in [-0.2, -0.15) is 11.8 Å². The summed E-state index contributed by atoms with van der Waals surface area (Å²) in [5.74, 6) is -3.46. The third-order valence-corrected chi connectivity index (χ3v) is 6.28. The second-order valence-corrected chi connectivity index (χ2v) is 9.50. The molecule has 0 saturated carbocycles. The number of nitrogens with two attached hydrogens (primary N) is 3. The van der Waals surface area contributed by atoms with Crippen molar-refractivity contribution in [3.63, 3.8) is 0 Å². The number of hydrogen-bond donors (Lipinski definition) is 7. The Kier molecular flexibility index (Phi) is 16.7. The lowest BCUT2D eigenvalue weighted by Gasteiger charge is -2.28. The molecule has 202 valence electrons. The van der Waals surface area contributed by atoms with E-state index in [0.29, 0.717) is 31.6 Å². The van der Waals surface area contributed by atoms with E-state index >= 15 is 0 Å². The Morgan fingerprint density at radius 3 is 2.06 bits per heavy atom. The average molecular weight is 519 g/mol. The zero-order valence-electron chi connectivity index (χ0n) is 20.9. The maximum absolute atomic E-state index is 13.1. The fourth-order valence-corrected chi connectivity index (χ4v) is 3.66. The van der Waals surface area contributed by atoms with Gasteiger partial charge in [-0.25, -0.2) is 4.79 Å². The van der Waals surface area contributed by atoms with Gasteiger partial charge in [0.15, 0.2) is 0 Å². The van der Waals surface area contributed by atoms with E-state index in [1.807, 2.05) is 13.2 Å². The Labute approximate surface area is 211 Å². The monoisotopic (exact) mass is 518 g/mol. The van der Waals surface area contributed by atoms with E-state index in [-0.39, 0.29) is 25.2 Å². The number of aliphatic carboxylic acids is 1. The van der Waals surface area contributed by atoms with Gasteiger partial charge in [0.2, 0.25) is 23.6 Å². The third kappa shape index (κ3) is 13.3. The molecule has 0 aliphatic rings. The van der Waals surface area contributed by atoms with E-state index in [2.05, 4.69) is 16.0 Å². The molecule has 0 aromatic heterocycles. The molecule has 35 heavy (non-hydrogen) atoms. The standard InChI is InChI=1S/C22H42N6O6S/c1-4-13(2)18(28-19(30)14(24)7-5-6-11-23)21(32)26-15(10-12-35-3)20(31)27-16(22(33)34)8-9-17(25)29/h13-16,18H,4-12,23-24H2,1-3H3,(H2,25,29)(H,26,32)(H,27,31)(H,28,30)(H,33,34). The van der Waals surface area contributed by atoms with Gasteiger partial charge in [-0.1, -0.05) is 26.7 Å². The molecule has 0 radical (unpaired) electrons. The highest BCUT2D eigenvalue weighted by atomic mass is 32.2. The topological polar surface area (TPSA) is 220 Å². The van der Waals surface area contributed by atoms with Gasteiger partial charge < -0.3 is 38.3 Å². The molecule has 0 aliphatic heterocycles. The molecule has 0 saturated heterocycles. The largest absolute Gasteiger partial charge is 0.480 e.